The second-order valence-corrected chi connectivity index (χ2v) is 1.47. The van der Waals surface area contributed by atoms with E-state index in [2.05, 4.69) is 0 Å². The van der Waals surface area contributed by atoms with Crippen LogP contribution in [0.4, 0.5) is 4.79 Å². The molecule has 15 heavy (non-hydrogen) atoms. The van der Waals surface area contributed by atoms with Gasteiger partial charge in [-0.05, 0) is 6.16 Å². The quantitative estimate of drug-likeness (QED) is 0.242. The SMILES string of the molecule is O=C([O-])[O-].O=S(=O)([O-])[O-].[Ca+2].[Cl-].[Cl-].[Mg+2].[Na+].[Na+]. The Balaban J connectivity index is -0.00000000785. The van der Waals surface area contributed by atoms with Crippen molar-refractivity contribution in [2.45, 2.75) is 0 Å². The van der Waals surface area contributed by atoms with Crippen LogP contribution < -0.4 is 94.1 Å². The molecule has 0 spiro atoms. The fourth-order valence-corrected chi connectivity index (χ4v) is 0. The van der Waals surface area contributed by atoms with E-state index in [0.717, 1.165) is 0 Å². The van der Waals surface area contributed by atoms with Gasteiger partial charge in [0.1, 0.15) is 0 Å². The van der Waals surface area contributed by atoms with E-state index >= 15 is 0 Å². The zero-order valence-corrected chi connectivity index (χ0v) is 17.9. The van der Waals surface area contributed by atoms with Gasteiger partial charge >= 0.3 is 120 Å². The van der Waals surface area contributed by atoms with Crippen LogP contribution in [-0.2, 0) is 10.4 Å². The number of hydrogen-bond donors (Lipinski definition) is 0. The van der Waals surface area contributed by atoms with E-state index in [1.165, 1.54) is 0 Å². The number of carbonyl (C=O) groups is 1. The van der Waals surface area contributed by atoms with Gasteiger partial charge in [0.25, 0.3) is 0 Å². The smallest absolute Gasteiger partial charge is 1.00 e. The molecule has 0 saturated carbocycles. The summed E-state index contributed by atoms with van der Waals surface area (Å²) in [6.45, 7) is 0. The third-order valence-corrected chi connectivity index (χ3v) is 0. The Kier molecular flexibility index (Phi) is 104. The molecule has 0 heterocycles. The summed E-state index contributed by atoms with van der Waals surface area (Å²) in [6.07, 6.45) is -2.33. The van der Waals surface area contributed by atoms with Gasteiger partial charge in [-0.25, -0.2) is 0 Å². The van der Waals surface area contributed by atoms with Crippen LogP contribution in [-0.4, -0.2) is 84.5 Å². The fourth-order valence-electron chi connectivity index (χ4n) is 0. The Morgan fingerprint density at radius 2 is 0.933 bits per heavy atom. The van der Waals surface area contributed by atoms with Crippen LogP contribution in [0.15, 0.2) is 0 Å². The van der Waals surface area contributed by atoms with Gasteiger partial charge in [-0.3, -0.25) is 8.42 Å². The summed E-state index contributed by atoms with van der Waals surface area (Å²) in [4.78, 5) is 8.33. The van der Waals surface area contributed by atoms with E-state index in [-0.39, 0.29) is 145 Å². The summed E-state index contributed by atoms with van der Waals surface area (Å²) in [7, 11) is -5.17. The molecule has 0 radical (unpaired) electrons. The van der Waals surface area contributed by atoms with Crippen molar-refractivity contribution in [1.82, 2.24) is 0 Å². The number of halogens is 2. The van der Waals surface area contributed by atoms with Crippen molar-refractivity contribution in [2.24, 2.45) is 0 Å². The molecule has 0 rings (SSSR count). The van der Waals surface area contributed by atoms with Crippen LogP contribution in [0.2, 0.25) is 0 Å². The molecule has 0 fully saturated rings. The minimum atomic E-state index is -5.17. The standard InChI is InChI=1S/CH2O3.Ca.2ClH.Mg.2Na.H2O4S/c2-1(3)4;;;;;;;1-5(2,3)4/h(H2,2,3,4);;2*1H;;;;(H2,1,2,3,4)/q;+2;;;+2;2*+1;/p-6. The number of carbonyl (C=O) groups excluding carboxylic acids is 1. The Hall–Kier alpha value is 3.75. The molecule has 0 amide bonds. The van der Waals surface area contributed by atoms with Crippen LogP contribution >= 0.6 is 0 Å². The largest absolute Gasteiger partial charge is 2.00 e. The number of carboxylic acid groups (broad SMARTS) is 2. The summed E-state index contributed by atoms with van der Waals surface area (Å²) in [5.74, 6) is 0. The van der Waals surface area contributed by atoms with Gasteiger partial charge in [-0.1, -0.05) is 0 Å². The molecule has 0 N–H and O–H groups in total. The van der Waals surface area contributed by atoms with Gasteiger partial charge < -0.3 is 48.9 Å². The Morgan fingerprint density at radius 3 is 0.933 bits per heavy atom. The molecule has 7 nitrogen and oxygen atoms in total. The topological polar surface area (TPSA) is 143 Å². The third-order valence-electron chi connectivity index (χ3n) is 0. The van der Waals surface area contributed by atoms with Gasteiger partial charge in [0, 0.05) is 10.4 Å². The van der Waals surface area contributed by atoms with Gasteiger partial charge in [0.2, 0.25) is 0 Å². The first-order valence-corrected chi connectivity index (χ1v) is 2.61. The summed E-state index contributed by atoms with van der Waals surface area (Å²) in [5, 5.41) is 16.7. The second-order valence-electron chi connectivity index (χ2n) is 0.658. The molecule has 0 atom stereocenters. The van der Waals surface area contributed by atoms with Crippen molar-refractivity contribution in [3.8, 4) is 0 Å². The molecule has 0 aliphatic rings. The Bertz CT molecular complexity index is 177. The van der Waals surface area contributed by atoms with Crippen molar-refractivity contribution in [1.29, 1.82) is 0 Å². The maximum Gasteiger partial charge on any atom is 2.00 e. The molecule has 72 valence electrons. The van der Waals surface area contributed by atoms with Gasteiger partial charge in [0.15, 0.2) is 0 Å². The van der Waals surface area contributed by atoms with E-state index in [4.69, 9.17) is 32.5 Å². The molecule has 0 aliphatic carbocycles. The summed E-state index contributed by atoms with van der Waals surface area (Å²) < 4.78 is 34.1. The monoisotopic (exact) mass is 336 g/mol. The van der Waals surface area contributed by atoms with E-state index in [1.807, 2.05) is 0 Å². The average Bonchev–Trinajstić information content (AvgIpc) is 1.19. The van der Waals surface area contributed by atoms with Gasteiger partial charge in [-0.2, -0.15) is 0 Å². The predicted octanol–water partition coefficient (Wildman–Crippen LogP) is -16.5. The van der Waals surface area contributed by atoms with Crippen LogP contribution in [0.5, 0.6) is 0 Å². The predicted molar refractivity (Wildman–Crippen MR) is 27.4 cm³/mol. The zero-order valence-electron chi connectivity index (χ0n) is 7.94. The van der Waals surface area contributed by atoms with E-state index in [0.29, 0.717) is 0 Å². The summed E-state index contributed by atoms with van der Waals surface area (Å²) in [5.41, 5.74) is 0. The second kappa shape index (κ2) is 30.6. The first kappa shape index (κ1) is 51.1. The molecule has 0 bridgehead atoms. The van der Waals surface area contributed by atoms with Crippen molar-refractivity contribution in [3.63, 3.8) is 0 Å². The van der Waals surface area contributed by atoms with Gasteiger partial charge in [-0.15, -0.1) is 0 Å². The molecule has 0 unspecified atom stereocenters. The van der Waals surface area contributed by atoms with Crippen LogP contribution in [0, 0.1) is 0 Å². The molecule has 14 heteroatoms. The van der Waals surface area contributed by atoms with Crippen molar-refractivity contribution in [2.75, 3.05) is 0 Å². The minimum absolute atomic E-state index is 0. The van der Waals surface area contributed by atoms with E-state index < -0.39 is 16.6 Å². The first-order chi connectivity index (χ1) is 3.73. The Labute approximate surface area is 190 Å². The van der Waals surface area contributed by atoms with Crippen molar-refractivity contribution in [3.05, 3.63) is 0 Å². The number of hydrogen-bond acceptors (Lipinski definition) is 7. The first-order valence-electron chi connectivity index (χ1n) is 1.28. The summed E-state index contributed by atoms with van der Waals surface area (Å²) in [6, 6.07) is 0. The average molecular weight is 337 g/mol. The molecule has 0 aromatic carbocycles. The van der Waals surface area contributed by atoms with E-state index in [9.17, 15) is 0 Å². The van der Waals surface area contributed by atoms with Crippen molar-refractivity contribution < 1.29 is 116 Å². The fraction of sp³-hybridized carbons (Fsp3) is 0. The summed E-state index contributed by atoms with van der Waals surface area (Å²) >= 11 is 0. The maximum atomic E-state index is 8.52. The molecule has 0 aliphatic heterocycles. The minimum Gasteiger partial charge on any atom is -1.00 e. The van der Waals surface area contributed by atoms with Crippen molar-refractivity contribution >= 4 is 77.3 Å². The van der Waals surface area contributed by atoms with Crippen LogP contribution in [0.25, 0.3) is 0 Å². The molecule has 0 saturated heterocycles. The molecule has 0 aromatic heterocycles. The van der Waals surface area contributed by atoms with Gasteiger partial charge in [0.05, 0.1) is 0 Å². The third kappa shape index (κ3) is 314. The normalized spacial score (nSPS) is 5.47. The Morgan fingerprint density at radius 1 is 0.933 bits per heavy atom. The maximum absolute atomic E-state index is 8.52. The zero-order chi connectivity index (χ0) is 8.08. The van der Waals surface area contributed by atoms with Crippen LogP contribution in [0.3, 0.4) is 0 Å². The van der Waals surface area contributed by atoms with Crippen LogP contribution in [0.1, 0.15) is 0 Å². The molecule has 0 aromatic rings. The number of rotatable bonds is 0. The molecular weight excluding hydrogens is 337 g/mol. The molecular formula is CCaCl2MgNa2O7S. The van der Waals surface area contributed by atoms with E-state index in [1.54, 1.807) is 0 Å².